The Kier molecular flexibility index (Phi) is 4.98. The summed E-state index contributed by atoms with van der Waals surface area (Å²) in [5.74, 6) is -0.724. The van der Waals surface area contributed by atoms with Gasteiger partial charge in [-0.3, -0.25) is 4.79 Å². The Morgan fingerprint density at radius 2 is 2.05 bits per heavy atom. The van der Waals surface area contributed by atoms with Crippen LogP contribution in [-0.2, 0) is 11.3 Å². The summed E-state index contributed by atoms with van der Waals surface area (Å²) in [6, 6.07) is 0. The number of carboxylic acid groups (broad SMARTS) is 1. The monoisotopic (exact) mass is 332 g/mol. The maximum Gasteiger partial charge on any atom is 0.327 e. The van der Waals surface area contributed by atoms with Gasteiger partial charge in [0.15, 0.2) is 11.6 Å². The molecule has 114 valence electrons. The molecule has 0 amide bonds. The molecule has 0 aliphatic carbocycles. The molecule has 3 heterocycles. The smallest absolute Gasteiger partial charge is 0.327 e. The van der Waals surface area contributed by atoms with Gasteiger partial charge < -0.3 is 15.3 Å². The molecule has 0 bridgehead atoms. The molecule has 0 spiro atoms. The molecule has 10 nitrogen and oxygen atoms in total. The van der Waals surface area contributed by atoms with Crippen LogP contribution in [0.15, 0.2) is 0 Å². The fraction of sp³-hybridized carbons (Fsp3) is 0.556. The van der Waals surface area contributed by atoms with E-state index in [1.54, 1.807) is 0 Å². The predicted octanol–water partition coefficient (Wildman–Crippen LogP) is -0.892. The Labute approximate surface area is 129 Å². The maximum atomic E-state index is 10.6. The Bertz CT molecular complexity index is 610. The van der Waals surface area contributed by atoms with E-state index in [0.717, 1.165) is 36.1 Å². The molecule has 2 aromatic heterocycles. The first-order valence-electron chi connectivity index (χ1n) is 6.01. The van der Waals surface area contributed by atoms with Crippen molar-refractivity contribution < 1.29 is 9.90 Å². The van der Waals surface area contributed by atoms with Crippen LogP contribution in [-0.4, -0.2) is 67.7 Å². The van der Waals surface area contributed by atoms with E-state index in [2.05, 4.69) is 35.8 Å². The highest BCUT2D eigenvalue weighted by molar-refractivity contribution is 7.18. The van der Waals surface area contributed by atoms with Gasteiger partial charge in [-0.15, -0.1) is 32.8 Å². The van der Waals surface area contributed by atoms with E-state index in [0.29, 0.717) is 10.8 Å². The van der Waals surface area contributed by atoms with Gasteiger partial charge in [-0.05, 0) is 5.21 Å². The molecular formula is C9H13ClN8O2S. The van der Waals surface area contributed by atoms with Crippen LogP contribution < -0.4 is 10.2 Å². The minimum atomic E-state index is -1.02. The molecule has 12 heteroatoms. The normalized spacial score (nSPS) is 14.8. The van der Waals surface area contributed by atoms with Gasteiger partial charge in [0, 0.05) is 26.2 Å². The molecule has 1 fully saturated rings. The van der Waals surface area contributed by atoms with Gasteiger partial charge in [-0.25, -0.2) is 0 Å². The average Bonchev–Trinajstić information content (AvgIpc) is 3.07. The number of hydrogen-bond donors (Lipinski definition) is 2. The van der Waals surface area contributed by atoms with Crippen molar-refractivity contribution in [3.05, 3.63) is 0 Å². The molecule has 0 unspecified atom stereocenters. The Morgan fingerprint density at radius 1 is 1.29 bits per heavy atom. The van der Waals surface area contributed by atoms with Crippen LogP contribution in [0.4, 0.5) is 5.13 Å². The molecule has 2 aromatic rings. The second-order valence-corrected chi connectivity index (χ2v) is 5.12. The Morgan fingerprint density at radius 3 is 2.76 bits per heavy atom. The Balaban J connectivity index is 0.00000161. The zero-order chi connectivity index (χ0) is 13.9. The van der Waals surface area contributed by atoms with E-state index in [1.807, 2.05) is 0 Å². The van der Waals surface area contributed by atoms with E-state index < -0.39 is 5.97 Å². The van der Waals surface area contributed by atoms with Crippen molar-refractivity contribution >= 4 is 34.8 Å². The number of carbonyl (C=O) groups is 1. The highest BCUT2D eigenvalue weighted by atomic mass is 35.5. The SMILES string of the molecule is Cl.O=C(O)Cn1nnc(-c2nnc(N3CCNCC3)s2)n1. The first kappa shape index (κ1) is 15.5. The molecule has 3 rings (SSSR count). The van der Waals surface area contributed by atoms with E-state index in [-0.39, 0.29) is 19.0 Å². The number of anilines is 1. The van der Waals surface area contributed by atoms with E-state index >= 15 is 0 Å². The van der Waals surface area contributed by atoms with Crippen molar-refractivity contribution in [3.63, 3.8) is 0 Å². The number of tetrazole rings is 1. The van der Waals surface area contributed by atoms with Gasteiger partial charge in [0.25, 0.3) is 0 Å². The third-order valence-electron chi connectivity index (χ3n) is 2.72. The quantitative estimate of drug-likeness (QED) is 0.733. The Hall–Kier alpha value is -1.85. The first-order valence-corrected chi connectivity index (χ1v) is 6.83. The summed E-state index contributed by atoms with van der Waals surface area (Å²) < 4.78 is 0. The summed E-state index contributed by atoms with van der Waals surface area (Å²) in [4.78, 5) is 13.7. The third-order valence-corrected chi connectivity index (χ3v) is 3.70. The summed E-state index contributed by atoms with van der Waals surface area (Å²) in [6.45, 7) is 3.28. The van der Waals surface area contributed by atoms with Crippen molar-refractivity contribution in [2.45, 2.75) is 6.54 Å². The van der Waals surface area contributed by atoms with Crippen LogP contribution in [0, 0.1) is 0 Å². The molecule has 2 N–H and O–H groups in total. The van der Waals surface area contributed by atoms with E-state index in [4.69, 9.17) is 5.11 Å². The van der Waals surface area contributed by atoms with Crippen molar-refractivity contribution in [2.24, 2.45) is 0 Å². The molecule has 1 aliphatic rings. The number of hydrogen-bond acceptors (Lipinski definition) is 9. The summed E-state index contributed by atoms with van der Waals surface area (Å²) in [5, 5.41) is 32.9. The van der Waals surface area contributed by atoms with Gasteiger partial charge in [0.2, 0.25) is 11.0 Å². The minimum absolute atomic E-state index is 0. The molecule has 21 heavy (non-hydrogen) atoms. The number of nitrogens with zero attached hydrogens (tertiary/aromatic N) is 7. The van der Waals surface area contributed by atoms with Gasteiger partial charge in [-0.2, -0.15) is 4.80 Å². The minimum Gasteiger partial charge on any atom is -0.480 e. The molecule has 1 aliphatic heterocycles. The van der Waals surface area contributed by atoms with Crippen molar-refractivity contribution in [1.82, 2.24) is 35.7 Å². The lowest BCUT2D eigenvalue weighted by atomic mass is 10.4. The molecular weight excluding hydrogens is 320 g/mol. The summed E-state index contributed by atoms with van der Waals surface area (Å²) in [6.07, 6.45) is 0. The fourth-order valence-corrected chi connectivity index (χ4v) is 2.63. The van der Waals surface area contributed by atoms with E-state index in [9.17, 15) is 4.79 Å². The highest BCUT2D eigenvalue weighted by Gasteiger charge is 2.18. The summed E-state index contributed by atoms with van der Waals surface area (Å²) in [7, 11) is 0. The largest absolute Gasteiger partial charge is 0.480 e. The van der Waals surface area contributed by atoms with Gasteiger partial charge in [0.1, 0.15) is 0 Å². The standard InChI is InChI=1S/C9H12N8O2S.ClH/c18-6(19)5-17-14-7(11-15-17)8-12-13-9(20-8)16-3-1-10-2-4-16;/h10H,1-5H2,(H,18,19);1H. The second-order valence-electron chi connectivity index (χ2n) is 4.16. The molecule has 0 atom stereocenters. The number of piperazine rings is 1. The highest BCUT2D eigenvalue weighted by Crippen LogP contribution is 2.26. The van der Waals surface area contributed by atoms with Gasteiger partial charge >= 0.3 is 5.97 Å². The predicted molar refractivity (Wildman–Crippen MR) is 76.7 cm³/mol. The zero-order valence-corrected chi connectivity index (χ0v) is 12.5. The lowest BCUT2D eigenvalue weighted by molar-refractivity contribution is -0.138. The number of aliphatic carboxylic acids is 1. The van der Waals surface area contributed by atoms with Crippen molar-refractivity contribution in [3.8, 4) is 10.8 Å². The van der Waals surface area contributed by atoms with Crippen LogP contribution in [0.5, 0.6) is 0 Å². The second kappa shape index (κ2) is 6.74. The van der Waals surface area contributed by atoms with Crippen LogP contribution >= 0.6 is 23.7 Å². The average molecular weight is 333 g/mol. The molecule has 0 aromatic carbocycles. The van der Waals surface area contributed by atoms with Crippen LogP contribution in [0.1, 0.15) is 0 Å². The van der Waals surface area contributed by atoms with Crippen LogP contribution in [0.2, 0.25) is 0 Å². The lowest BCUT2D eigenvalue weighted by Crippen LogP contribution is -2.43. The molecule has 0 saturated carbocycles. The number of rotatable bonds is 4. The fourth-order valence-electron chi connectivity index (χ4n) is 1.81. The van der Waals surface area contributed by atoms with Gasteiger partial charge in [-0.1, -0.05) is 11.3 Å². The lowest BCUT2D eigenvalue weighted by Gasteiger charge is -2.26. The zero-order valence-electron chi connectivity index (χ0n) is 10.8. The number of carboxylic acids is 1. The van der Waals surface area contributed by atoms with E-state index in [1.165, 1.54) is 11.3 Å². The summed E-state index contributed by atoms with van der Waals surface area (Å²) in [5.41, 5.74) is 0. The topological polar surface area (TPSA) is 122 Å². The number of halogens is 1. The molecule has 1 saturated heterocycles. The summed E-state index contributed by atoms with van der Waals surface area (Å²) >= 11 is 1.37. The van der Waals surface area contributed by atoms with Gasteiger partial charge in [0.05, 0.1) is 0 Å². The third kappa shape index (κ3) is 3.62. The maximum absolute atomic E-state index is 10.6. The molecule has 0 radical (unpaired) electrons. The number of aromatic nitrogens is 6. The first-order chi connectivity index (χ1) is 9.72. The number of nitrogens with one attached hydrogen (secondary N) is 1. The van der Waals surface area contributed by atoms with Crippen LogP contribution in [0.3, 0.4) is 0 Å². The van der Waals surface area contributed by atoms with Crippen molar-refractivity contribution in [2.75, 3.05) is 31.1 Å². The van der Waals surface area contributed by atoms with Crippen molar-refractivity contribution in [1.29, 1.82) is 0 Å². The van der Waals surface area contributed by atoms with Crippen LogP contribution in [0.25, 0.3) is 10.8 Å².